The first-order valence-electron chi connectivity index (χ1n) is 4.05. The van der Waals surface area contributed by atoms with Crippen LogP contribution in [0.5, 0.6) is 0 Å². The number of hydrogen-bond acceptors (Lipinski definition) is 6. The van der Waals surface area contributed by atoms with Gasteiger partial charge in [0.25, 0.3) is 0 Å². The van der Waals surface area contributed by atoms with Gasteiger partial charge in [-0.15, -0.1) is 0 Å². The van der Waals surface area contributed by atoms with E-state index < -0.39 is 0 Å². The molecule has 1 heterocycles. The minimum Gasteiger partial charge on any atom is -0.380 e. The van der Waals surface area contributed by atoms with E-state index in [1.807, 2.05) is 6.92 Å². The Morgan fingerprint density at radius 1 is 1.50 bits per heavy atom. The number of ether oxygens (including phenoxy) is 1. The van der Waals surface area contributed by atoms with Crippen molar-refractivity contribution in [3.63, 3.8) is 0 Å². The second-order valence-corrected chi connectivity index (χ2v) is 3.05. The number of nitrogen functional groups attached to an aromatic ring is 1. The van der Waals surface area contributed by atoms with Gasteiger partial charge in [0.1, 0.15) is 0 Å². The highest BCUT2D eigenvalue weighted by atomic mass is 35.5. The van der Waals surface area contributed by atoms with E-state index in [1.165, 1.54) is 0 Å². The summed E-state index contributed by atoms with van der Waals surface area (Å²) in [6, 6.07) is 0. The molecule has 0 aromatic carbocycles. The summed E-state index contributed by atoms with van der Waals surface area (Å²) in [7, 11) is 1.63. The van der Waals surface area contributed by atoms with Crippen molar-refractivity contribution in [1.82, 2.24) is 15.0 Å². The largest absolute Gasteiger partial charge is 0.380 e. The van der Waals surface area contributed by atoms with E-state index in [1.54, 1.807) is 7.11 Å². The summed E-state index contributed by atoms with van der Waals surface area (Å²) in [6.07, 6.45) is 0.0618. The van der Waals surface area contributed by atoms with Gasteiger partial charge >= 0.3 is 0 Å². The van der Waals surface area contributed by atoms with Crippen molar-refractivity contribution in [2.24, 2.45) is 0 Å². The molecule has 1 atom stereocenters. The summed E-state index contributed by atoms with van der Waals surface area (Å²) in [5, 5.41) is 3.00. The van der Waals surface area contributed by atoms with Gasteiger partial charge in [-0.25, -0.2) is 0 Å². The van der Waals surface area contributed by atoms with Crippen molar-refractivity contribution in [3.05, 3.63) is 5.28 Å². The molecule has 0 aliphatic heterocycles. The zero-order chi connectivity index (χ0) is 10.6. The lowest BCUT2D eigenvalue weighted by molar-refractivity contribution is 0.128. The first-order valence-corrected chi connectivity index (χ1v) is 4.43. The molecule has 0 saturated heterocycles. The maximum atomic E-state index is 5.59. The minimum absolute atomic E-state index is 0.0618. The van der Waals surface area contributed by atoms with Crippen LogP contribution in [-0.4, -0.2) is 34.7 Å². The Hall–Kier alpha value is -1.14. The molecule has 0 spiro atoms. The van der Waals surface area contributed by atoms with Crippen molar-refractivity contribution in [3.8, 4) is 0 Å². The van der Waals surface area contributed by atoms with Crippen LogP contribution in [0.2, 0.25) is 5.28 Å². The van der Waals surface area contributed by atoms with E-state index in [2.05, 4.69) is 20.3 Å². The Kier molecular flexibility index (Phi) is 3.84. The van der Waals surface area contributed by atoms with Crippen molar-refractivity contribution in [2.45, 2.75) is 13.0 Å². The first kappa shape index (κ1) is 10.9. The summed E-state index contributed by atoms with van der Waals surface area (Å²) >= 11 is 5.59. The van der Waals surface area contributed by atoms with E-state index >= 15 is 0 Å². The lowest BCUT2D eigenvalue weighted by Gasteiger charge is -2.10. The lowest BCUT2D eigenvalue weighted by atomic mass is 10.4. The molecular weight excluding hydrogens is 206 g/mol. The predicted octanol–water partition coefficient (Wildman–Crippen LogP) is 0.554. The first-order chi connectivity index (χ1) is 6.61. The maximum Gasteiger partial charge on any atom is 0.228 e. The van der Waals surface area contributed by atoms with Crippen LogP contribution in [0.15, 0.2) is 0 Å². The van der Waals surface area contributed by atoms with Crippen LogP contribution >= 0.6 is 11.6 Å². The van der Waals surface area contributed by atoms with Crippen molar-refractivity contribution in [2.75, 3.05) is 24.7 Å². The Morgan fingerprint density at radius 2 is 2.21 bits per heavy atom. The number of hydrogen-bond donors (Lipinski definition) is 2. The van der Waals surface area contributed by atoms with Crippen molar-refractivity contribution in [1.29, 1.82) is 0 Å². The molecule has 1 unspecified atom stereocenters. The molecule has 0 amide bonds. The van der Waals surface area contributed by atoms with Gasteiger partial charge in [-0.1, -0.05) is 0 Å². The van der Waals surface area contributed by atoms with Crippen LogP contribution in [0, 0.1) is 0 Å². The topological polar surface area (TPSA) is 86.0 Å². The average molecular weight is 218 g/mol. The van der Waals surface area contributed by atoms with Crippen molar-refractivity contribution < 1.29 is 4.74 Å². The van der Waals surface area contributed by atoms with E-state index in [0.29, 0.717) is 12.5 Å². The number of anilines is 2. The molecule has 0 saturated carbocycles. The summed E-state index contributed by atoms with van der Waals surface area (Å²) in [5.74, 6) is 0.448. The summed E-state index contributed by atoms with van der Waals surface area (Å²) in [5.41, 5.74) is 5.38. The average Bonchev–Trinajstić information content (AvgIpc) is 2.12. The molecule has 0 aliphatic rings. The second kappa shape index (κ2) is 4.92. The molecule has 3 N–H and O–H groups in total. The third-order valence-electron chi connectivity index (χ3n) is 1.58. The van der Waals surface area contributed by atoms with Crippen LogP contribution in [0.25, 0.3) is 0 Å². The number of halogens is 1. The minimum atomic E-state index is 0.0618. The zero-order valence-electron chi connectivity index (χ0n) is 7.99. The fraction of sp³-hybridized carbons (Fsp3) is 0.571. The van der Waals surface area contributed by atoms with Gasteiger partial charge in [0.05, 0.1) is 6.10 Å². The van der Waals surface area contributed by atoms with E-state index in [-0.39, 0.29) is 17.3 Å². The molecule has 6 nitrogen and oxygen atoms in total. The monoisotopic (exact) mass is 217 g/mol. The molecule has 7 heteroatoms. The van der Waals surface area contributed by atoms with Gasteiger partial charge < -0.3 is 15.8 Å². The molecule has 1 rings (SSSR count). The van der Waals surface area contributed by atoms with E-state index in [9.17, 15) is 0 Å². The highest BCUT2D eigenvalue weighted by Crippen LogP contribution is 2.06. The maximum absolute atomic E-state index is 5.59. The summed E-state index contributed by atoms with van der Waals surface area (Å²) in [4.78, 5) is 11.3. The Morgan fingerprint density at radius 3 is 2.79 bits per heavy atom. The predicted molar refractivity (Wildman–Crippen MR) is 54.2 cm³/mol. The van der Waals surface area contributed by atoms with Gasteiger partial charge in [0.15, 0.2) is 0 Å². The van der Waals surface area contributed by atoms with Gasteiger partial charge in [-0.2, -0.15) is 15.0 Å². The van der Waals surface area contributed by atoms with Crippen LogP contribution in [0.3, 0.4) is 0 Å². The van der Waals surface area contributed by atoms with E-state index in [0.717, 1.165) is 0 Å². The standard InChI is InChI=1S/C7H12ClN5O/c1-4(14-2)3-10-7-12-5(8)11-6(9)13-7/h4H,3H2,1-2H3,(H3,9,10,11,12,13). The van der Waals surface area contributed by atoms with Crippen molar-refractivity contribution >= 4 is 23.5 Å². The molecule has 78 valence electrons. The van der Waals surface area contributed by atoms with Gasteiger partial charge in [0, 0.05) is 13.7 Å². The highest BCUT2D eigenvalue weighted by Gasteiger charge is 2.03. The summed E-state index contributed by atoms with van der Waals surface area (Å²) in [6.45, 7) is 2.50. The van der Waals surface area contributed by atoms with Crippen LogP contribution < -0.4 is 11.1 Å². The van der Waals surface area contributed by atoms with Gasteiger partial charge in [-0.05, 0) is 18.5 Å². The molecule has 0 bridgehead atoms. The number of nitrogens with two attached hydrogens (primary N) is 1. The van der Waals surface area contributed by atoms with Crippen LogP contribution in [-0.2, 0) is 4.74 Å². The number of nitrogens with one attached hydrogen (secondary N) is 1. The molecule has 14 heavy (non-hydrogen) atoms. The SMILES string of the molecule is COC(C)CNc1nc(N)nc(Cl)n1. The van der Waals surface area contributed by atoms with Gasteiger partial charge in [0.2, 0.25) is 17.2 Å². The Labute approximate surface area is 86.9 Å². The Bertz CT molecular complexity index is 288. The Balaban J connectivity index is 2.58. The molecular formula is C7H12ClN5O. The normalized spacial score (nSPS) is 12.5. The quantitative estimate of drug-likeness (QED) is 0.766. The molecule has 1 aromatic rings. The summed E-state index contributed by atoms with van der Waals surface area (Å²) < 4.78 is 5.03. The zero-order valence-corrected chi connectivity index (χ0v) is 8.75. The molecule has 0 aliphatic carbocycles. The fourth-order valence-corrected chi connectivity index (χ4v) is 0.929. The number of nitrogens with zero attached hydrogens (tertiary/aromatic N) is 3. The fourth-order valence-electron chi connectivity index (χ4n) is 0.763. The number of methoxy groups -OCH3 is 1. The van der Waals surface area contributed by atoms with Crippen LogP contribution in [0.1, 0.15) is 6.92 Å². The highest BCUT2D eigenvalue weighted by molar-refractivity contribution is 6.28. The third kappa shape index (κ3) is 3.31. The van der Waals surface area contributed by atoms with Gasteiger partial charge in [-0.3, -0.25) is 0 Å². The number of aromatic nitrogens is 3. The van der Waals surface area contributed by atoms with Crippen LogP contribution in [0.4, 0.5) is 11.9 Å². The van der Waals surface area contributed by atoms with E-state index in [4.69, 9.17) is 22.1 Å². The molecule has 0 fully saturated rings. The smallest absolute Gasteiger partial charge is 0.228 e. The number of rotatable bonds is 4. The molecule has 0 radical (unpaired) electrons. The molecule has 1 aromatic heterocycles. The second-order valence-electron chi connectivity index (χ2n) is 2.71. The third-order valence-corrected chi connectivity index (χ3v) is 1.74. The lowest BCUT2D eigenvalue weighted by Crippen LogP contribution is -2.19.